The van der Waals surface area contributed by atoms with Crippen LogP contribution in [0.5, 0.6) is 0 Å². The molecular formula is C10H19N2. The van der Waals surface area contributed by atoms with Gasteiger partial charge in [0.25, 0.3) is 0 Å². The largest absolute Gasteiger partial charge is 0.300 e. The standard InChI is InChI=1S/C10H19N2/c1-12(10-4-5-10)9-3-2-7-11-8-6-9/h9-10H,2-8H2,1H3/t9-/m0/s1. The topological polar surface area (TPSA) is 17.3 Å². The van der Waals surface area contributed by atoms with Crippen LogP contribution in [0, 0.1) is 0 Å². The Morgan fingerprint density at radius 1 is 1.00 bits per heavy atom. The Hall–Kier alpha value is -0.0800. The molecule has 69 valence electrons. The predicted octanol–water partition coefficient (Wildman–Crippen LogP) is 1.24. The SMILES string of the molecule is CN(C1CC1)[C@H]1CCC[N]CC1. The second-order valence-electron chi connectivity index (χ2n) is 4.15. The number of hydrogen-bond acceptors (Lipinski definition) is 1. The lowest BCUT2D eigenvalue weighted by Gasteiger charge is -2.26. The lowest BCUT2D eigenvalue weighted by molar-refractivity contribution is 0.215. The minimum Gasteiger partial charge on any atom is -0.300 e. The minimum atomic E-state index is 0.837. The molecule has 0 N–H and O–H groups in total. The lowest BCUT2D eigenvalue weighted by atomic mass is 10.1. The van der Waals surface area contributed by atoms with Gasteiger partial charge in [0.1, 0.15) is 0 Å². The van der Waals surface area contributed by atoms with Gasteiger partial charge in [0, 0.05) is 25.2 Å². The molecule has 1 heterocycles. The highest BCUT2D eigenvalue weighted by atomic mass is 15.2. The zero-order valence-electron chi connectivity index (χ0n) is 8.00. The van der Waals surface area contributed by atoms with E-state index in [1.165, 1.54) is 32.1 Å². The Bertz CT molecular complexity index is 135. The Kier molecular flexibility index (Phi) is 2.66. The van der Waals surface area contributed by atoms with E-state index in [0.29, 0.717) is 0 Å². The van der Waals surface area contributed by atoms with Crippen LogP contribution in [0.3, 0.4) is 0 Å². The first-order chi connectivity index (χ1) is 5.88. The van der Waals surface area contributed by atoms with Crippen LogP contribution in [0.2, 0.25) is 0 Å². The monoisotopic (exact) mass is 167 g/mol. The third kappa shape index (κ3) is 1.99. The normalized spacial score (nSPS) is 32.0. The molecule has 0 aromatic heterocycles. The minimum absolute atomic E-state index is 0.837. The van der Waals surface area contributed by atoms with E-state index in [9.17, 15) is 0 Å². The molecule has 2 nitrogen and oxygen atoms in total. The first-order valence-corrected chi connectivity index (χ1v) is 5.23. The van der Waals surface area contributed by atoms with Crippen molar-refractivity contribution in [3.63, 3.8) is 0 Å². The van der Waals surface area contributed by atoms with Gasteiger partial charge < -0.3 is 4.90 Å². The maximum absolute atomic E-state index is 4.46. The molecule has 1 aliphatic heterocycles. The fourth-order valence-electron chi connectivity index (χ4n) is 2.12. The molecule has 1 atom stereocenters. The first-order valence-electron chi connectivity index (χ1n) is 5.23. The summed E-state index contributed by atoms with van der Waals surface area (Å²) in [5.41, 5.74) is 0. The van der Waals surface area contributed by atoms with Crippen molar-refractivity contribution >= 4 is 0 Å². The van der Waals surface area contributed by atoms with Crippen LogP contribution in [-0.2, 0) is 0 Å². The van der Waals surface area contributed by atoms with Crippen molar-refractivity contribution in [3.8, 4) is 0 Å². The maximum Gasteiger partial charge on any atom is 0.0148 e. The maximum atomic E-state index is 4.46. The highest BCUT2D eigenvalue weighted by Crippen LogP contribution is 2.29. The van der Waals surface area contributed by atoms with Gasteiger partial charge in [-0.05, 0) is 39.2 Å². The van der Waals surface area contributed by atoms with Crippen molar-refractivity contribution in [1.29, 1.82) is 0 Å². The molecule has 0 spiro atoms. The summed E-state index contributed by atoms with van der Waals surface area (Å²) in [6, 6.07) is 1.76. The molecule has 12 heavy (non-hydrogen) atoms. The Balaban J connectivity index is 1.82. The summed E-state index contributed by atoms with van der Waals surface area (Å²) in [5, 5.41) is 4.46. The van der Waals surface area contributed by atoms with Crippen LogP contribution in [0.4, 0.5) is 0 Å². The molecule has 0 bridgehead atoms. The average Bonchev–Trinajstić information content (AvgIpc) is 2.92. The molecule has 2 heteroatoms. The zero-order chi connectivity index (χ0) is 8.39. The molecule has 0 unspecified atom stereocenters. The van der Waals surface area contributed by atoms with E-state index < -0.39 is 0 Å². The lowest BCUT2D eigenvalue weighted by Crippen LogP contribution is -2.33. The van der Waals surface area contributed by atoms with Crippen LogP contribution < -0.4 is 5.32 Å². The van der Waals surface area contributed by atoms with Crippen molar-refractivity contribution in [2.24, 2.45) is 0 Å². The quantitative estimate of drug-likeness (QED) is 0.605. The summed E-state index contributed by atoms with van der Waals surface area (Å²) in [5.74, 6) is 0. The Morgan fingerprint density at radius 2 is 1.75 bits per heavy atom. The molecular weight excluding hydrogens is 148 g/mol. The van der Waals surface area contributed by atoms with E-state index in [2.05, 4.69) is 17.3 Å². The van der Waals surface area contributed by atoms with E-state index in [1.54, 1.807) is 0 Å². The predicted molar refractivity (Wildman–Crippen MR) is 50.3 cm³/mol. The highest BCUT2D eigenvalue weighted by Gasteiger charge is 2.30. The summed E-state index contributed by atoms with van der Waals surface area (Å²) in [6.45, 7) is 2.21. The van der Waals surface area contributed by atoms with E-state index in [0.717, 1.165) is 25.2 Å². The van der Waals surface area contributed by atoms with Crippen molar-refractivity contribution in [1.82, 2.24) is 10.2 Å². The molecule has 2 aliphatic rings. The van der Waals surface area contributed by atoms with Crippen LogP contribution in [0.25, 0.3) is 0 Å². The number of hydrogen-bond donors (Lipinski definition) is 0. The van der Waals surface area contributed by atoms with Crippen molar-refractivity contribution in [2.45, 2.75) is 44.2 Å². The van der Waals surface area contributed by atoms with Gasteiger partial charge in [-0.1, -0.05) is 0 Å². The molecule has 2 rings (SSSR count). The Labute approximate surface area is 75.3 Å². The zero-order valence-corrected chi connectivity index (χ0v) is 8.00. The number of rotatable bonds is 2. The molecule has 1 aliphatic carbocycles. The van der Waals surface area contributed by atoms with Gasteiger partial charge in [0.2, 0.25) is 0 Å². The molecule has 2 fully saturated rings. The van der Waals surface area contributed by atoms with Gasteiger partial charge in [0.05, 0.1) is 0 Å². The third-order valence-corrected chi connectivity index (χ3v) is 3.17. The van der Waals surface area contributed by atoms with Crippen LogP contribution >= 0.6 is 0 Å². The summed E-state index contributed by atoms with van der Waals surface area (Å²) >= 11 is 0. The Morgan fingerprint density at radius 3 is 2.50 bits per heavy atom. The summed E-state index contributed by atoms with van der Waals surface area (Å²) in [6.07, 6.45) is 6.85. The summed E-state index contributed by atoms with van der Waals surface area (Å²) < 4.78 is 0. The molecule has 0 amide bonds. The van der Waals surface area contributed by atoms with Crippen molar-refractivity contribution < 1.29 is 0 Å². The molecule has 1 radical (unpaired) electrons. The average molecular weight is 167 g/mol. The van der Waals surface area contributed by atoms with Crippen LogP contribution in [0.1, 0.15) is 32.1 Å². The first kappa shape index (κ1) is 8.52. The summed E-state index contributed by atoms with van der Waals surface area (Å²) in [7, 11) is 2.30. The number of nitrogens with zero attached hydrogens (tertiary/aromatic N) is 2. The highest BCUT2D eigenvalue weighted by molar-refractivity contribution is 4.87. The van der Waals surface area contributed by atoms with Crippen LogP contribution in [0.15, 0.2) is 0 Å². The van der Waals surface area contributed by atoms with Crippen LogP contribution in [-0.4, -0.2) is 37.1 Å². The summed E-state index contributed by atoms with van der Waals surface area (Å²) in [4.78, 5) is 2.60. The van der Waals surface area contributed by atoms with Gasteiger partial charge in [-0.3, -0.25) is 0 Å². The van der Waals surface area contributed by atoms with E-state index >= 15 is 0 Å². The molecule has 1 saturated carbocycles. The second-order valence-corrected chi connectivity index (χ2v) is 4.15. The van der Waals surface area contributed by atoms with Gasteiger partial charge in [-0.15, -0.1) is 0 Å². The fourth-order valence-corrected chi connectivity index (χ4v) is 2.12. The third-order valence-electron chi connectivity index (χ3n) is 3.17. The fraction of sp³-hybridized carbons (Fsp3) is 1.00. The van der Waals surface area contributed by atoms with Gasteiger partial charge >= 0.3 is 0 Å². The van der Waals surface area contributed by atoms with Gasteiger partial charge in [-0.25, -0.2) is 5.32 Å². The van der Waals surface area contributed by atoms with Gasteiger partial charge in [0.15, 0.2) is 0 Å². The molecule has 0 aromatic carbocycles. The van der Waals surface area contributed by atoms with E-state index in [4.69, 9.17) is 0 Å². The molecule has 0 aromatic rings. The second kappa shape index (κ2) is 3.75. The van der Waals surface area contributed by atoms with E-state index in [1.807, 2.05) is 0 Å². The van der Waals surface area contributed by atoms with E-state index in [-0.39, 0.29) is 0 Å². The molecule has 1 saturated heterocycles. The van der Waals surface area contributed by atoms with Crippen molar-refractivity contribution in [3.05, 3.63) is 0 Å². The van der Waals surface area contributed by atoms with Crippen molar-refractivity contribution in [2.75, 3.05) is 20.1 Å². The van der Waals surface area contributed by atoms with Gasteiger partial charge in [-0.2, -0.15) is 0 Å². The smallest absolute Gasteiger partial charge is 0.0148 e.